The van der Waals surface area contributed by atoms with E-state index in [1.165, 1.54) is 12.1 Å². The molecule has 0 aliphatic carbocycles. The molecule has 7 heteroatoms. The highest BCUT2D eigenvalue weighted by molar-refractivity contribution is 6.19. The van der Waals surface area contributed by atoms with Gasteiger partial charge in [-0.15, -0.1) is 0 Å². The summed E-state index contributed by atoms with van der Waals surface area (Å²) in [6, 6.07) is 16.5. The highest BCUT2D eigenvalue weighted by atomic mass is 19.1. The van der Waals surface area contributed by atoms with Crippen LogP contribution in [0.15, 0.2) is 60.7 Å². The third-order valence-corrected chi connectivity index (χ3v) is 4.99. The van der Waals surface area contributed by atoms with Crippen LogP contribution in [0.2, 0.25) is 0 Å². The number of halogens is 1. The van der Waals surface area contributed by atoms with Crippen molar-refractivity contribution in [3.8, 4) is 0 Å². The summed E-state index contributed by atoms with van der Waals surface area (Å²) < 4.78 is 16.7. The number of hydrogen-bond acceptors (Lipinski definition) is 3. The molecule has 0 aliphatic rings. The number of carbonyl (C=O) groups excluding carboxylic acids is 1. The third kappa shape index (κ3) is 3.01. The molecule has 1 unspecified atom stereocenters. The molecule has 0 fully saturated rings. The summed E-state index contributed by atoms with van der Waals surface area (Å²) in [5, 5.41) is 20.0. The number of aliphatic hydroxyl groups excluding tert-OH is 1. The van der Waals surface area contributed by atoms with Crippen molar-refractivity contribution in [2.75, 3.05) is 0 Å². The Morgan fingerprint density at radius 2 is 1.72 bits per heavy atom. The van der Waals surface area contributed by atoms with Crippen molar-refractivity contribution in [2.24, 2.45) is 5.73 Å². The number of carboxylic acids is 1. The molecule has 4 aromatic rings. The van der Waals surface area contributed by atoms with Gasteiger partial charge in [-0.05, 0) is 23.8 Å². The minimum absolute atomic E-state index is 0.000545. The molecule has 0 bridgehead atoms. The van der Waals surface area contributed by atoms with Gasteiger partial charge in [0.2, 0.25) is 5.91 Å². The topological polar surface area (TPSA) is 106 Å². The molecule has 0 spiro atoms. The number of aliphatic hydroxyl groups is 1. The second-order valence-corrected chi connectivity index (χ2v) is 6.74. The number of primary amides is 1. The van der Waals surface area contributed by atoms with Crippen LogP contribution >= 0.6 is 0 Å². The van der Waals surface area contributed by atoms with Crippen molar-refractivity contribution in [3.63, 3.8) is 0 Å². The quantitative estimate of drug-likeness (QED) is 0.485. The zero-order chi connectivity index (χ0) is 20.7. The Kier molecular flexibility index (Phi) is 4.52. The van der Waals surface area contributed by atoms with E-state index in [1.54, 1.807) is 16.7 Å². The van der Waals surface area contributed by atoms with Crippen LogP contribution in [-0.2, 0) is 11.3 Å². The number of aliphatic carboxylic acids is 1. The van der Waals surface area contributed by atoms with Gasteiger partial charge < -0.3 is 20.5 Å². The van der Waals surface area contributed by atoms with E-state index in [4.69, 9.17) is 5.73 Å². The van der Waals surface area contributed by atoms with Gasteiger partial charge in [0.1, 0.15) is 5.82 Å². The lowest BCUT2D eigenvalue weighted by atomic mass is 9.98. The normalized spacial score (nSPS) is 12.3. The smallest absolute Gasteiger partial charge is 0.337 e. The van der Waals surface area contributed by atoms with Crippen LogP contribution in [0.25, 0.3) is 21.8 Å². The molecule has 29 heavy (non-hydrogen) atoms. The fourth-order valence-electron chi connectivity index (χ4n) is 3.75. The highest BCUT2D eigenvalue weighted by Crippen LogP contribution is 2.38. The first kappa shape index (κ1) is 18.6. The number of hydrogen-bond donors (Lipinski definition) is 3. The summed E-state index contributed by atoms with van der Waals surface area (Å²) >= 11 is 0. The van der Waals surface area contributed by atoms with E-state index >= 15 is 0 Å². The van der Waals surface area contributed by atoms with Gasteiger partial charge in [0.05, 0.1) is 11.0 Å². The molecule has 0 saturated heterocycles. The molecule has 0 aliphatic heterocycles. The maximum Gasteiger partial charge on any atom is 0.337 e. The molecule has 1 heterocycles. The Hall–Kier alpha value is -3.71. The van der Waals surface area contributed by atoms with E-state index in [-0.39, 0.29) is 28.6 Å². The minimum atomic E-state index is -1.88. The van der Waals surface area contributed by atoms with Gasteiger partial charge in [0, 0.05) is 28.4 Å². The van der Waals surface area contributed by atoms with Crippen molar-refractivity contribution in [3.05, 3.63) is 83.2 Å². The van der Waals surface area contributed by atoms with Crippen LogP contribution < -0.4 is 5.73 Å². The summed E-state index contributed by atoms with van der Waals surface area (Å²) in [5.41, 5.74) is 7.18. The first-order chi connectivity index (χ1) is 13.9. The first-order valence-corrected chi connectivity index (χ1v) is 8.88. The average Bonchev–Trinajstić information content (AvgIpc) is 3.04. The van der Waals surface area contributed by atoms with Crippen LogP contribution in [0.5, 0.6) is 0 Å². The number of aromatic nitrogens is 1. The maximum atomic E-state index is 15.0. The maximum absolute atomic E-state index is 15.0. The van der Waals surface area contributed by atoms with Gasteiger partial charge in [0.25, 0.3) is 0 Å². The number of rotatable bonds is 5. The Labute approximate surface area is 164 Å². The van der Waals surface area contributed by atoms with E-state index in [1.807, 2.05) is 30.3 Å². The van der Waals surface area contributed by atoms with Crippen molar-refractivity contribution in [1.29, 1.82) is 0 Å². The number of nitrogens with zero attached hydrogens (tertiary/aromatic N) is 1. The Balaban J connectivity index is 2.17. The lowest BCUT2D eigenvalue weighted by Gasteiger charge is -2.11. The standard InChI is InChI=1S/C22H17FN2O4/c23-15-10-9-13(20(26)22(28)29)18-17-14(21(24)27)7-4-8-16(17)25(19(15)18)11-12-5-2-1-3-6-12/h1-10,20,26H,11H2,(H2,24,27)(H,28,29). The van der Waals surface area contributed by atoms with Gasteiger partial charge in [-0.3, -0.25) is 4.79 Å². The van der Waals surface area contributed by atoms with Crippen LogP contribution in [0.1, 0.15) is 27.6 Å². The molecule has 1 amide bonds. The summed E-state index contributed by atoms with van der Waals surface area (Å²) in [6.45, 7) is 0.284. The molecule has 1 atom stereocenters. The van der Waals surface area contributed by atoms with Crippen molar-refractivity contribution in [1.82, 2.24) is 4.57 Å². The Bertz CT molecular complexity index is 1260. The number of benzene rings is 3. The second kappa shape index (κ2) is 7.03. The zero-order valence-electron chi connectivity index (χ0n) is 15.2. The number of carbonyl (C=O) groups is 2. The van der Waals surface area contributed by atoms with Crippen molar-refractivity contribution >= 4 is 33.7 Å². The summed E-state index contributed by atoms with van der Waals surface area (Å²) in [6.07, 6.45) is -1.88. The summed E-state index contributed by atoms with van der Waals surface area (Å²) in [4.78, 5) is 23.5. The minimum Gasteiger partial charge on any atom is -0.479 e. The van der Waals surface area contributed by atoms with Gasteiger partial charge in [-0.25, -0.2) is 9.18 Å². The molecular weight excluding hydrogens is 375 g/mol. The van der Waals surface area contributed by atoms with Crippen molar-refractivity contribution in [2.45, 2.75) is 12.6 Å². The Morgan fingerprint density at radius 1 is 1.00 bits per heavy atom. The highest BCUT2D eigenvalue weighted by Gasteiger charge is 2.26. The lowest BCUT2D eigenvalue weighted by molar-refractivity contribution is -0.146. The molecule has 4 N–H and O–H groups in total. The summed E-state index contributed by atoms with van der Waals surface area (Å²) in [5.74, 6) is -2.79. The molecular formula is C22H17FN2O4. The van der Waals surface area contributed by atoms with E-state index < -0.39 is 23.8 Å². The fraction of sp³-hybridized carbons (Fsp3) is 0.0909. The largest absolute Gasteiger partial charge is 0.479 e. The van der Waals surface area contributed by atoms with Gasteiger partial charge >= 0.3 is 5.97 Å². The van der Waals surface area contributed by atoms with E-state index in [2.05, 4.69) is 0 Å². The van der Waals surface area contributed by atoms with E-state index in [9.17, 15) is 24.2 Å². The molecule has 0 radical (unpaired) electrons. The number of carboxylic acid groups (broad SMARTS) is 1. The first-order valence-electron chi connectivity index (χ1n) is 8.88. The SMILES string of the molecule is NC(=O)c1cccc2c1c1c(C(O)C(=O)O)ccc(F)c1n2Cc1ccccc1. The average molecular weight is 392 g/mol. The van der Waals surface area contributed by atoms with Crippen LogP contribution in [0, 0.1) is 5.82 Å². The Morgan fingerprint density at radius 3 is 2.38 bits per heavy atom. The molecule has 0 saturated carbocycles. The van der Waals surface area contributed by atoms with Crippen LogP contribution in [0.4, 0.5) is 4.39 Å². The fourth-order valence-corrected chi connectivity index (χ4v) is 3.75. The zero-order valence-corrected chi connectivity index (χ0v) is 15.2. The summed E-state index contributed by atoms with van der Waals surface area (Å²) in [7, 11) is 0. The molecule has 146 valence electrons. The molecule has 1 aromatic heterocycles. The number of nitrogens with two attached hydrogens (primary N) is 1. The van der Waals surface area contributed by atoms with E-state index in [0.717, 1.165) is 11.6 Å². The predicted molar refractivity (Wildman–Crippen MR) is 106 cm³/mol. The van der Waals surface area contributed by atoms with Gasteiger partial charge in [0.15, 0.2) is 6.10 Å². The van der Waals surface area contributed by atoms with E-state index in [0.29, 0.717) is 10.9 Å². The third-order valence-electron chi connectivity index (χ3n) is 4.99. The molecule has 4 rings (SSSR count). The van der Waals surface area contributed by atoms with Gasteiger partial charge in [-0.2, -0.15) is 0 Å². The lowest BCUT2D eigenvalue weighted by Crippen LogP contribution is -2.13. The number of fused-ring (bicyclic) bond motifs is 3. The van der Waals surface area contributed by atoms with Gasteiger partial charge in [-0.1, -0.05) is 42.5 Å². The molecule has 3 aromatic carbocycles. The predicted octanol–water partition coefficient (Wildman–Crippen LogP) is 3.20. The number of amides is 1. The second-order valence-electron chi connectivity index (χ2n) is 6.74. The monoisotopic (exact) mass is 392 g/mol. The van der Waals surface area contributed by atoms with Crippen LogP contribution in [-0.4, -0.2) is 26.7 Å². The van der Waals surface area contributed by atoms with Crippen molar-refractivity contribution < 1.29 is 24.2 Å². The van der Waals surface area contributed by atoms with Crippen LogP contribution in [0.3, 0.4) is 0 Å². The molecule has 6 nitrogen and oxygen atoms in total.